The first-order chi connectivity index (χ1) is 7.86. The summed E-state index contributed by atoms with van der Waals surface area (Å²) in [5.74, 6) is 1.94. The Morgan fingerprint density at radius 3 is 3.25 bits per heavy atom. The molecule has 0 aliphatic carbocycles. The van der Waals surface area contributed by atoms with Crippen molar-refractivity contribution in [2.75, 3.05) is 20.3 Å². The van der Waals surface area contributed by atoms with Crippen molar-refractivity contribution < 1.29 is 9.47 Å². The Morgan fingerprint density at radius 2 is 2.38 bits per heavy atom. The van der Waals surface area contributed by atoms with Crippen LogP contribution in [0.15, 0.2) is 18.2 Å². The summed E-state index contributed by atoms with van der Waals surface area (Å²) in [4.78, 5) is 2.52. The molecule has 1 fully saturated rings. The predicted molar refractivity (Wildman–Crippen MR) is 61.9 cm³/mol. The monoisotopic (exact) mass is 219 g/mol. The normalized spacial score (nSPS) is 24.2. The second-order valence-electron chi connectivity index (χ2n) is 4.55. The first-order valence-corrected chi connectivity index (χ1v) is 5.90. The zero-order chi connectivity index (χ0) is 11.0. The maximum Gasteiger partial charge on any atom is 0.124 e. The van der Waals surface area contributed by atoms with Gasteiger partial charge in [0.25, 0.3) is 0 Å². The van der Waals surface area contributed by atoms with Gasteiger partial charge in [0.05, 0.1) is 7.11 Å². The molecular formula is C13H17NO2. The van der Waals surface area contributed by atoms with Gasteiger partial charge in [-0.15, -0.1) is 0 Å². The van der Waals surface area contributed by atoms with Crippen LogP contribution in [0.5, 0.6) is 11.5 Å². The molecule has 1 aromatic carbocycles. The highest BCUT2D eigenvalue weighted by atomic mass is 16.5. The third kappa shape index (κ3) is 1.65. The van der Waals surface area contributed by atoms with Crippen molar-refractivity contribution in [1.82, 2.24) is 4.90 Å². The first kappa shape index (κ1) is 9.97. The highest BCUT2D eigenvalue weighted by Gasteiger charge is 2.28. The fourth-order valence-corrected chi connectivity index (χ4v) is 2.64. The fourth-order valence-electron chi connectivity index (χ4n) is 2.64. The van der Waals surface area contributed by atoms with Crippen molar-refractivity contribution >= 4 is 0 Å². The number of nitrogens with zero attached hydrogens (tertiary/aromatic N) is 1. The summed E-state index contributed by atoms with van der Waals surface area (Å²) >= 11 is 0. The topological polar surface area (TPSA) is 21.7 Å². The zero-order valence-corrected chi connectivity index (χ0v) is 9.61. The molecule has 1 aromatic rings. The molecule has 0 saturated carbocycles. The van der Waals surface area contributed by atoms with Crippen LogP contribution in [-0.4, -0.2) is 31.2 Å². The Hall–Kier alpha value is -1.22. The second-order valence-corrected chi connectivity index (χ2v) is 4.55. The van der Waals surface area contributed by atoms with Gasteiger partial charge in [0.1, 0.15) is 18.1 Å². The van der Waals surface area contributed by atoms with Gasteiger partial charge >= 0.3 is 0 Å². The number of benzene rings is 1. The van der Waals surface area contributed by atoms with Crippen LogP contribution < -0.4 is 9.47 Å². The molecule has 3 heteroatoms. The van der Waals surface area contributed by atoms with E-state index in [2.05, 4.69) is 11.0 Å². The zero-order valence-electron chi connectivity index (χ0n) is 9.61. The lowest BCUT2D eigenvalue weighted by Gasteiger charge is -2.19. The molecule has 2 aliphatic heterocycles. The SMILES string of the molecule is COc1ccc2c(c1)CN1CCCC1CO2. The van der Waals surface area contributed by atoms with Gasteiger partial charge in [-0.1, -0.05) is 0 Å². The van der Waals surface area contributed by atoms with Gasteiger partial charge in [-0.25, -0.2) is 0 Å². The first-order valence-electron chi connectivity index (χ1n) is 5.90. The molecule has 0 radical (unpaired) electrons. The molecule has 3 nitrogen and oxygen atoms in total. The van der Waals surface area contributed by atoms with Crippen molar-refractivity contribution in [3.8, 4) is 11.5 Å². The molecule has 1 atom stereocenters. The van der Waals surface area contributed by atoms with Gasteiger partial charge in [-0.3, -0.25) is 4.90 Å². The lowest BCUT2D eigenvalue weighted by atomic mass is 10.2. The van der Waals surface area contributed by atoms with Crippen LogP contribution in [0, 0.1) is 0 Å². The predicted octanol–water partition coefficient (Wildman–Crippen LogP) is 2.05. The highest BCUT2D eigenvalue weighted by Crippen LogP contribution is 2.31. The van der Waals surface area contributed by atoms with Crippen LogP contribution in [0.2, 0.25) is 0 Å². The van der Waals surface area contributed by atoms with E-state index in [1.165, 1.54) is 24.9 Å². The number of hydrogen-bond donors (Lipinski definition) is 0. The number of ether oxygens (including phenoxy) is 2. The third-order valence-corrected chi connectivity index (χ3v) is 3.57. The Labute approximate surface area is 96.0 Å². The summed E-state index contributed by atoms with van der Waals surface area (Å²) in [5.41, 5.74) is 1.25. The molecule has 0 aromatic heterocycles. The minimum atomic E-state index is 0.610. The van der Waals surface area contributed by atoms with Crippen molar-refractivity contribution in [1.29, 1.82) is 0 Å². The van der Waals surface area contributed by atoms with Crippen molar-refractivity contribution in [3.63, 3.8) is 0 Å². The number of rotatable bonds is 1. The van der Waals surface area contributed by atoms with E-state index in [0.717, 1.165) is 24.7 Å². The average Bonchev–Trinajstić information content (AvgIpc) is 2.68. The summed E-state index contributed by atoms with van der Waals surface area (Å²) in [6, 6.07) is 6.69. The standard InChI is InChI=1S/C13H17NO2/c1-15-12-4-5-13-10(7-12)8-14-6-2-3-11(14)9-16-13/h4-5,7,11H,2-3,6,8-9H2,1H3. The molecule has 3 rings (SSSR count). The second kappa shape index (κ2) is 3.98. The van der Waals surface area contributed by atoms with E-state index in [4.69, 9.17) is 9.47 Å². The highest BCUT2D eigenvalue weighted by molar-refractivity contribution is 5.40. The van der Waals surface area contributed by atoms with Gasteiger partial charge in [-0.05, 0) is 37.6 Å². The number of hydrogen-bond acceptors (Lipinski definition) is 3. The van der Waals surface area contributed by atoms with E-state index in [0.29, 0.717) is 6.04 Å². The van der Waals surface area contributed by atoms with Gasteiger partial charge in [0.15, 0.2) is 0 Å². The summed E-state index contributed by atoms with van der Waals surface area (Å²) in [6.07, 6.45) is 2.57. The molecule has 2 heterocycles. The van der Waals surface area contributed by atoms with E-state index in [-0.39, 0.29) is 0 Å². The van der Waals surface area contributed by atoms with Crippen molar-refractivity contribution in [3.05, 3.63) is 23.8 Å². The Morgan fingerprint density at radius 1 is 1.44 bits per heavy atom. The van der Waals surface area contributed by atoms with E-state index in [1.54, 1.807) is 7.11 Å². The molecule has 16 heavy (non-hydrogen) atoms. The molecule has 1 unspecified atom stereocenters. The molecule has 0 N–H and O–H groups in total. The van der Waals surface area contributed by atoms with Crippen molar-refractivity contribution in [2.45, 2.75) is 25.4 Å². The smallest absolute Gasteiger partial charge is 0.124 e. The molecule has 0 amide bonds. The van der Waals surface area contributed by atoms with Gasteiger partial charge in [0, 0.05) is 18.2 Å². The van der Waals surface area contributed by atoms with Crippen molar-refractivity contribution in [2.24, 2.45) is 0 Å². The Bertz CT molecular complexity index is 392. The third-order valence-electron chi connectivity index (χ3n) is 3.57. The summed E-state index contributed by atoms with van der Waals surface area (Å²) in [5, 5.41) is 0. The Kier molecular flexibility index (Phi) is 2.48. The van der Waals surface area contributed by atoms with Crippen LogP contribution in [0.3, 0.4) is 0 Å². The maximum atomic E-state index is 5.86. The van der Waals surface area contributed by atoms with Crippen LogP contribution >= 0.6 is 0 Å². The molecule has 1 saturated heterocycles. The van der Waals surface area contributed by atoms with Crippen LogP contribution in [0.4, 0.5) is 0 Å². The minimum Gasteiger partial charge on any atom is -0.497 e. The molecule has 0 bridgehead atoms. The van der Waals surface area contributed by atoms with E-state index in [1.807, 2.05) is 12.1 Å². The van der Waals surface area contributed by atoms with Crippen LogP contribution in [0.1, 0.15) is 18.4 Å². The quantitative estimate of drug-likeness (QED) is 0.721. The Balaban J connectivity index is 1.91. The maximum absolute atomic E-state index is 5.86. The van der Waals surface area contributed by atoms with Gasteiger partial charge < -0.3 is 9.47 Å². The van der Waals surface area contributed by atoms with Gasteiger partial charge in [-0.2, -0.15) is 0 Å². The number of methoxy groups -OCH3 is 1. The fraction of sp³-hybridized carbons (Fsp3) is 0.538. The summed E-state index contributed by atoms with van der Waals surface area (Å²) in [7, 11) is 1.71. The largest absolute Gasteiger partial charge is 0.497 e. The van der Waals surface area contributed by atoms with Crippen LogP contribution in [0.25, 0.3) is 0 Å². The van der Waals surface area contributed by atoms with Gasteiger partial charge in [0.2, 0.25) is 0 Å². The number of fused-ring (bicyclic) bond motifs is 2. The van der Waals surface area contributed by atoms with E-state index in [9.17, 15) is 0 Å². The van der Waals surface area contributed by atoms with E-state index < -0.39 is 0 Å². The molecule has 2 aliphatic rings. The summed E-state index contributed by atoms with van der Waals surface area (Å²) < 4.78 is 11.1. The lowest BCUT2D eigenvalue weighted by Crippen LogP contribution is -2.31. The van der Waals surface area contributed by atoms with E-state index >= 15 is 0 Å². The molecule has 86 valence electrons. The molecular weight excluding hydrogens is 202 g/mol. The molecule has 0 spiro atoms. The summed E-state index contributed by atoms with van der Waals surface area (Å²) in [6.45, 7) is 3.03. The average molecular weight is 219 g/mol. The minimum absolute atomic E-state index is 0.610. The lowest BCUT2D eigenvalue weighted by molar-refractivity contribution is 0.188. The van der Waals surface area contributed by atoms with Crippen LogP contribution in [-0.2, 0) is 6.54 Å².